The fourth-order valence-electron chi connectivity index (χ4n) is 1.82. The number of nitrogens with two attached hydrogens (primary N) is 1. The molecular formula is C11H19N3S. The van der Waals surface area contributed by atoms with Gasteiger partial charge < -0.3 is 5.73 Å². The van der Waals surface area contributed by atoms with E-state index >= 15 is 0 Å². The summed E-state index contributed by atoms with van der Waals surface area (Å²) < 4.78 is 0. The molecule has 1 aromatic heterocycles. The summed E-state index contributed by atoms with van der Waals surface area (Å²) in [6.07, 6.45) is 4.08. The lowest BCUT2D eigenvalue weighted by atomic mass is 9.92. The molecule has 1 heterocycles. The van der Waals surface area contributed by atoms with Gasteiger partial charge in [0.15, 0.2) is 0 Å². The fraction of sp³-hybridized carbons (Fsp3) is 0.727. The summed E-state index contributed by atoms with van der Waals surface area (Å²) in [6.45, 7) is 2.95. The summed E-state index contributed by atoms with van der Waals surface area (Å²) in [7, 11) is 2.19. The average Bonchev–Trinajstić information content (AvgIpc) is 2.48. The molecule has 0 aliphatic heterocycles. The first kappa shape index (κ1) is 11.0. The highest BCUT2D eigenvalue weighted by atomic mass is 32.1. The van der Waals surface area contributed by atoms with E-state index in [2.05, 4.69) is 22.3 Å². The number of aromatic nitrogens is 1. The van der Waals surface area contributed by atoms with Crippen LogP contribution in [0.1, 0.15) is 42.9 Å². The molecule has 1 aliphatic carbocycles. The number of hydrogen-bond acceptors (Lipinski definition) is 4. The van der Waals surface area contributed by atoms with Crippen molar-refractivity contribution in [1.29, 1.82) is 0 Å². The summed E-state index contributed by atoms with van der Waals surface area (Å²) in [6, 6.07) is 0.850. The van der Waals surface area contributed by atoms with Gasteiger partial charge in [-0.05, 0) is 26.8 Å². The van der Waals surface area contributed by atoms with E-state index in [0.717, 1.165) is 17.6 Å². The molecule has 0 radical (unpaired) electrons. The molecule has 84 valence electrons. The van der Waals surface area contributed by atoms with Crippen molar-refractivity contribution in [2.45, 2.75) is 44.8 Å². The van der Waals surface area contributed by atoms with Crippen LogP contribution < -0.4 is 5.73 Å². The zero-order valence-corrected chi connectivity index (χ0v) is 10.3. The van der Waals surface area contributed by atoms with Gasteiger partial charge in [-0.1, -0.05) is 6.42 Å². The Kier molecular flexibility index (Phi) is 3.38. The summed E-state index contributed by atoms with van der Waals surface area (Å²) in [5, 5.41) is 3.18. The van der Waals surface area contributed by atoms with Crippen molar-refractivity contribution < 1.29 is 0 Å². The molecule has 3 nitrogen and oxygen atoms in total. The highest BCUT2D eigenvalue weighted by Crippen LogP contribution is 2.25. The monoisotopic (exact) mass is 225 g/mol. The third kappa shape index (κ3) is 2.56. The molecule has 0 amide bonds. The number of rotatable bonds is 4. The minimum atomic E-state index is 0.0674. The second-order valence-corrected chi connectivity index (χ2v) is 5.36. The molecule has 1 unspecified atom stereocenters. The second kappa shape index (κ2) is 4.60. The van der Waals surface area contributed by atoms with E-state index in [1.807, 2.05) is 6.92 Å². The molecule has 0 aromatic carbocycles. The second-order valence-electron chi connectivity index (χ2n) is 4.47. The van der Waals surface area contributed by atoms with Crippen molar-refractivity contribution in [3.8, 4) is 0 Å². The van der Waals surface area contributed by atoms with Crippen molar-refractivity contribution in [3.63, 3.8) is 0 Å². The van der Waals surface area contributed by atoms with Crippen LogP contribution in [0.2, 0.25) is 0 Å². The van der Waals surface area contributed by atoms with Gasteiger partial charge in [-0.15, -0.1) is 11.3 Å². The third-order valence-corrected chi connectivity index (χ3v) is 4.16. The van der Waals surface area contributed by atoms with Crippen molar-refractivity contribution >= 4 is 11.3 Å². The average molecular weight is 225 g/mol. The molecule has 1 atom stereocenters. The van der Waals surface area contributed by atoms with E-state index in [4.69, 9.17) is 5.73 Å². The Morgan fingerprint density at radius 3 is 2.87 bits per heavy atom. The topological polar surface area (TPSA) is 42.1 Å². The SMILES string of the molecule is CC(N)c1nc(CN(C)C2CCC2)cs1. The van der Waals surface area contributed by atoms with Gasteiger partial charge in [0.05, 0.1) is 11.7 Å². The van der Waals surface area contributed by atoms with Crippen LogP contribution in [-0.2, 0) is 6.54 Å². The van der Waals surface area contributed by atoms with Crippen LogP contribution in [0.5, 0.6) is 0 Å². The van der Waals surface area contributed by atoms with Gasteiger partial charge in [-0.3, -0.25) is 4.90 Å². The van der Waals surface area contributed by atoms with E-state index in [9.17, 15) is 0 Å². The Morgan fingerprint density at radius 1 is 1.67 bits per heavy atom. The lowest BCUT2D eigenvalue weighted by Crippen LogP contribution is -2.36. The first-order valence-corrected chi connectivity index (χ1v) is 6.45. The van der Waals surface area contributed by atoms with Crippen LogP contribution in [-0.4, -0.2) is 23.0 Å². The van der Waals surface area contributed by atoms with Gasteiger partial charge in [-0.2, -0.15) is 0 Å². The Bertz CT molecular complexity index is 317. The van der Waals surface area contributed by atoms with E-state index in [1.54, 1.807) is 11.3 Å². The fourth-order valence-corrected chi connectivity index (χ4v) is 2.59. The molecule has 1 fully saturated rings. The summed E-state index contributed by atoms with van der Waals surface area (Å²) >= 11 is 1.67. The van der Waals surface area contributed by atoms with Crippen LogP contribution in [0.4, 0.5) is 0 Å². The Hall–Kier alpha value is -0.450. The molecule has 0 saturated heterocycles. The summed E-state index contributed by atoms with van der Waals surface area (Å²) in [5.74, 6) is 0. The van der Waals surface area contributed by atoms with Gasteiger partial charge in [0.25, 0.3) is 0 Å². The van der Waals surface area contributed by atoms with Crippen molar-refractivity contribution in [2.24, 2.45) is 5.73 Å². The molecule has 1 saturated carbocycles. The van der Waals surface area contributed by atoms with Crippen molar-refractivity contribution in [2.75, 3.05) is 7.05 Å². The molecule has 0 bridgehead atoms. The van der Waals surface area contributed by atoms with Crippen LogP contribution in [0, 0.1) is 0 Å². The van der Waals surface area contributed by atoms with E-state index in [0.29, 0.717) is 0 Å². The number of nitrogens with zero attached hydrogens (tertiary/aromatic N) is 2. The van der Waals surface area contributed by atoms with Crippen molar-refractivity contribution in [3.05, 3.63) is 16.1 Å². The first-order valence-electron chi connectivity index (χ1n) is 5.57. The maximum Gasteiger partial charge on any atom is 0.109 e. The smallest absolute Gasteiger partial charge is 0.109 e. The van der Waals surface area contributed by atoms with E-state index in [-0.39, 0.29) is 6.04 Å². The third-order valence-electron chi connectivity index (χ3n) is 3.07. The Labute approximate surface area is 95.3 Å². The molecule has 2 N–H and O–H groups in total. The lowest BCUT2D eigenvalue weighted by Gasteiger charge is -2.34. The van der Waals surface area contributed by atoms with E-state index < -0.39 is 0 Å². The van der Waals surface area contributed by atoms with Gasteiger partial charge in [0.1, 0.15) is 5.01 Å². The van der Waals surface area contributed by atoms with Gasteiger partial charge >= 0.3 is 0 Å². The standard InChI is InChI=1S/C11H19N3S/c1-8(12)11-13-9(7-15-11)6-14(2)10-4-3-5-10/h7-8,10H,3-6,12H2,1-2H3. The zero-order chi connectivity index (χ0) is 10.8. The maximum atomic E-state index is 5.79. The zero-order valence-electron chi connectivity index (χ0n) is 9.44. The first-order chi connectivity index (χ1) is 7.16. The van der Waals surface area contributed by atoms with Crippen LogP contribution in [0.15, 0.2) is 5.38 Å². The molecule has 1 aromatic rings. The van der Waals surface area contributed by atoms with Crippen LogP contribution in [0.25, 0.3) is 0 Å². The maximum absolute atomic E-state index is 5.79. The van der Waals surface area contributed by atoms with Gasteiger partial charge in [-0.25, -0.2) is 4.98 Å². The summed E-state index contributed by atoms with van der Waals surface area (Å²) in [4.78, 5) is 6.95. The quantitative estimate of drug-likeness (QED) is 0.853. The highest BCUT2D eigenvalue weighted by Gasteiger charge is 2.22. The predicted octanol–water partition coefficient (Wildman–Crippen LogP) is 2.15. The van der Waals surface area contributed by atoms with E-state index in [1.165, 1.54) is 25.0 Å². The van der Waals surface area contributed by atoms with Crippen LogP contribution >= 0.6 is 11.3 Å². The van der Waals surface area contributed by atoms with Gasteiger partial charge in [0.2, 0.25) is 0 Å². The number of thiazole rings is 1. The highest BCUT2D eigenvalue weighted by molar-refractivity contribution is 7.09. The molecule has 0 spiro atoms. The molecule has 1 aliphatic rings. The minimum Gasteiger partial charge on any atom is -0.322 e. The van der Waals surface area contributed by atoms with Crippen molar-refractivity contribution in [1.82, 2.24) is 9.88 Å². The number of hydrogen-bond donors (Lipinski definition) is 1. The molecular weight excluding hydrogens is 206 g/mol. The van der Waals surface area contributed by atoms with Crippen LogP contribution in [0.3, 0.4) is 0 Å². The summed E-state index contributed by atoms with van der Waals surface area (Å²) in [5.41, 5.74) is 6.96. The minimum absolute atomic E-state index is 0.0674. The largest absolute Gasteiger partial charge is 0.322 e. The Morgan fingerprint density at radius 2 is 2.40 bits per heavy atom. The molecule has 15 heavy (non-hydrogen) atoms. The molecule has 2 rings (SSSR count). The Balaban J connectivity index is 1.91. The lowest BCUT2D eigenvalue weighted by molar-refractivity contribution is 0.151. The normalized spacial score (nSPS) is 19.2. The molecule has 4 heteroatoms. The predicted molar refractivity (Wildman–Crippen MR) is 63.8 cm³/mol. The van der Waals surface area contributed by atoms with Gasteiger partial charge in [0, 0.05) is 18.0 Å².